The minimum atomic E-state index is -0.0869. The van der Waals surface area contributed by atoms with Crippen molar-refractivity contribution in [3.05, 3.63) is 84.1 Å². The highest BCUT2D eigenvalue weighted by atomic mass is 16.6. The van der Waals surface area contributed by atoms with Gasteiger partial charge in [-0.25, -0.2) is 0 Å². The number of nitrogens with one attached hydrogen (secondary N) is 2. The highest BCUT2D eigenvalue weighted by molar-refractivity contribution is 6.05. The van der Waals surface area contributed by atoms with E-state index in [0.717, 1.165) is 68.3 Å². The molecule has 0 spiro atoms. The maximum atomic E-state index is 12.6. The molecular weight excluding hydrogens is 476 g/mol. The van der Waals surface area contributed by atoms with Gasteiger partial charge in [0, 0.05) is 66.3 Å². The molecule has 38 heavy (non-hydrogen) atoms. The van der Waals surface area contributed by atoms with Gasteiger partial charge in [-0.05, 0) is 73.8 Å². The molecule has 7 heteroatoms. The molecule has 0 bridgehead atoms. The Hall–Kier alpha value is -3.97. The van der Waals surface area contributed by atoms with E-state index < -0.39 is 0 Å². The zero-order valence-corrected chi connectivity index (χ0v) is 21.6. The van der Waals surface area contributed by atoms with Crippen LogP contribution in [0.3, 0.4) is 0 Å². The average Bonchev–Trinajstić information content (AvgIpc) is 3.38. The van der Waals surface area contributed by atoms with Crippen LogP contribution < -0.4 is 19.7 Å². The highest BCUT2D eigenvalue weighted by Crippen LogP contribution is 2.34. The van der Waals surface area contributed by atoms with Gasteiger partial charge in [0.1, 0.15) is 13.2 Å². The molecule has 0 radical (unpaired) electrons. The number of carbonyl (C=O) groups excluding carboxylic acids is 1. The summed E-state index contributed by atoms with van der Waals surface area (Å²) in [7, 11) is 0. The van der Waals surface area contributed by atoms with Gasteiger partial charge in [0.05, 0.1) is 0 Å². The van der Waals surface area contributed by atoms with Crippen molar-refractivity contribution in [3.63, 3.8) is 0 Å². The first kappa shape index (κ1) is 24.4. The molecule has 1 saturated heterocycles. The summed E-state index contributed by atoms with van der Waals surface area (Å²) in [5.41, 5.74) is 5.11. The van der Waals surface area contributed by atoms with Crippen LogP contribution in [-0.2, 0) is 6.42 Å². The molecule has 2 N–H and O–H groups in total. The van der Waals surface area contributed by atoms with Crippen LogP contribution in [0.4, 0.5) is 11.4 Å². The molecule has 0 aliphatic carbocycles. The van der Waals surface area contributed by atoms with Gasteiger partial charge in [-0.2, -0.15) is 0 Å². The lowest BCUT2D eigenvalue weighted by atomic mass is 10.1. The van der Waals surface area contributed by atoms with Gasteiger partial charge in [0.2, 0.25) is 0 Å². The smallest absolute Gasteiger partial charge is 0.255 e. The molecule has 0 unspecified atom stereocenters. The summed E-state index contributed by atoms with van der Waals surface area (Å²) < 4.78 is 11.4. The SMILES string of the molecule is O=C(Nc1ccc2[nH]cc(CCCCN3CCN(c4ccc5c(c4)OCCO5)CC3)c2c1)c1ccccc1. The number of amides is 1. The standard InChI is InChI=1S/C31H34N4O3/c36-31(23-6-2-1-3-7-23)33-25-9-11-28-27(20-25)24(22-32-28)8-4-5-13-34-14-16-35(17-15-34)26-10-12-29-30(21-26)38-19-18-37-29/h1-3,6-7,9-12,20-22,32H,4-5,8,13-19H2,(H,33,36). The van der Waals surface area contributed by atoms with Crippen LogP contribution in [0, 0.1) is 0 Å². The van der Waals surface area contributed by atoms with Gasteiger partial charge in [0.15, 0.2) is 11.5 Å². The van der Waals surface area contributed by atoms with Gasteiger partial charge in [-0.1, -0.05) is 18.2 Å². The molecule has 196 valence electrons. The van der Waals surface area contributed by atoms with Gasteiger partial charge < -0.3 is 24.7 Å². The number of aromatic amines is 1. The van der Waals surface area contributed by atoms with Crippen molar-refractivity contribution in [2.24, 2.45) is 0 Å². The molecule has 1 fully saturated rings. The quantitative estimate of drug-likeness (QED) is 0.313. The molecule has 7 nitrogen and oxygen atoms in total. The summed E-state index contributed by atoms with van der Waals surface area (Å²) in [4.78, 5) is 20.9. The van der Waals surface area contributed by atoms with E-state index >= 15 is 0 Å². The van der Waals surface area contributed by atoms with Crippen molar-refractivity contribution in [1.82, 2.24) is 9.88 Å². The fourth-order valence-corrected chi connectivity index (χ4v) is 5.37. The van der Waals surface area contributed by atoms with E-state index in [2.05, 4.69) is 44.5 Å². The van der Waals surface area contributed by atoms with E-state index in [4.69, 9.17) is 9.47 Å². The molecule has 6 rings (SSSR count). The molecule has 3 aromatic carbocycles. The van der Waals surface area contributed by atoms with Crippen molar-refractivity contribution >= 4 is 28.2 Å². The summed E-state index contributed by atoms with van der Waals surface area (Å²) in [5.74, 6) is 1.62. The maximum Gasteiger partial charge on any atom is 0.255 e. The minimum Gasteiger partial charge on any atom is -0.486 e. The number of aryl methyl sites for hydroxylation is 1. The summed E-state index contributed by atoms with van der Waals surface area (Å²) in [6.45, 7) is 6.57. The minimum absolute atomic E-state index is 0.0869. The van der Waals surface area contributed by atoms with Gasteiger partial charge >= 0.3 is 0 Å². The fraction of sp³-hybridized carbons (Fsp3) is 0.323. The number of ether oxygens (including phenoxy) is 2. The second-order valence-corrected chi connectivity index (χ2v) is 10.0. The number of unbranched alkanes of at least 4 members (excludes halogenated alkanes) is 1. The molecule has 1 amide bonds. The van der Waals surface area contributed by atoms with Crippen molar-refractivity contribution < 1.29 is 14.3 Å². The Balaban J connectivity index is 0.976. The zero-order chi connectivity index (χ0) is 25.7. The number of hydrogen-bond donors (Lipinski definition) is 2. The Kier molecular flexibility index (Phi) is 7.18. The van der Waals surface area contributed by atoms with E-state index in [9.17, 15) is 4.79 Å². The number of hydrogen-bond acceptors (Lipinski definition) is 5. The fourth-order valence-electron chi connectivity index (χ4n) is 5.37. The second kappa shape index (κ2) is 11.2. The topological polar surface area (TPSA) is 69.8 Å². The Bertz CT molecular complexity index is 1390. The van der Waals surface area contributed by atoms with E-state index in [1.807, 2.05) is 48.5 Å². The monoisotopic (exact) mass is 510 g/mol. The van der Waals surface area contributed by atoms with Gasteiger partial charge in [0.25, 0.3) is 5.91 Å². The van der Waals surface area contributed by atoms with Crippen LogP contribution in [0.15, 0.2) is 72.9 Å². The third kappa shape index (κ3) is 5.48. The van der Waals surface area contributed by atoms with Crippen LogP contribution in [0.1, 0.15) is 28.8 Å². The van der Waals surface area contributed by atoms with Crippen molar-refractivity contribution in [2.75, 3.05) is 56.2 Å². The molecule has 2 aliphatic rings. The number of nitrogens with zero attached hydrogens (tertiary/aromatic N) is 2. The lowest BCUT2D eigenvalue weighted by Crippen LogP contribution is -2.46. The van der Waals surface area contributed by atoms with E-state index in [1.54, 1.807) is 0 Å². The molecule has 1 aromatic heterocycles. The van der Waals surface area contributed by atoms with Gasteiger partial charge in [-0.15, -0.1) is 0 Å². The summed E-state index contributed by atoms with van der Waals surface area (Å²) in [6, 6.07) is 21.7. The summed E-state index contributed by atoms with van der Waals surface area (Å²) in [6.07, 6.45) is 5.43. The molecule has 3 heterocycles. The Morgan fingerprint density at radius 3 is 2.53 bits per heavy atom. The summed E-state index contributed by atoms with van der Waals surface area (Å²) >= 11 is 0. The Labute approximate surface area is 223 Å². The maximum absolute atomic E-state index is 12.6. The second-order valence-electron chi connectivity index (χ2n) is 10.0. The average molecular weight is 511 g/mol. The first-order chi connectivity index (χ1) is 18.7. The first-order valence-corrected chi connectivity index (χ1v) is 13.6. The molecule has 4 aromatic rings. The number of H-pyrrole nitrogens is 1. The predicted molar refractivity (Wildman–Crippen MR) is 152 cm³/mol. The highest BCUT2D eigenvalue weighted by Gasteiger charge is 2.19. The van der Waals surface area contributed by atoms with Crippen molar-refractivity contribution in [3.8, 4) is 11.5 Å². The Morgan fingerprint density at radius 2 is 1.68 bits per heavy atom. The summed E-state index contributed by atoms with van der Waals surface area (Å²) in [5, 5.41) is 4.22. The number of anilines is 2. The van der Waals surface area contributed by atoms with Crippen LogP contribution in [0.5, 0.6) is 11.5 Å². The van der Waals surface area contributed by atoms with Crippen LogP contribution >= 0.6 is 0 Å². The molecule has 0 atom stereocenters. The van der Waals surface area contributed by atoms with Crippen LogP contribution in [0.2, 0.25) is 0 Å². The lowest BCUT2D eigenvalue weighted by Gasteiger charge is -2.36. The number of fused-ring (bicyclic) bond motifs is 2. The Morgan fingerprint density at radius 1 is 0.868 bits per heavy atom. The van der Waals surface area contributed by atoms with Crippen molar-refractivity contribution in [1.29, 1.82) is 0 Å². The lowest BCUT2D eigenvalue weighted by molar-refractivity contribution is 0.102. The molecular formula is C31H34N4O3. The van der Waals surface area contributed by atoms with E-state index in [0.29, 0.717) is 18.8 Å². The normalized spacial score (nSPS) is 15.5. The zero-order valence-electron chi connectivity index (χ0n) is 21.6. The van der Waals surface area contributed by atoms with Crippen molar-refractivity contribution in [2.45, 2.75) is 19.3 Å². The van der Waals surface area contributed by atoms with Crippen LogP contribution in [0.25, 0.3) is 10.9 Å². The van der Waals surface area contributed by atoms with E-state index in [-0.39, 0.29) is 5.91 Å². The number of carbonyl (C=O) groups is 1. The number of aromatic nitrogens is 1. The first-order valence-electron chi connectivity index (χ1n) is 13.6. The third-order valence-electron chi connectivity index (χ3n) is 7.49. The van der Waals surface area contributed by atoms with E-state index in [1.165, 1.54) is 23.1 Å². The van der Waals surface area contributed by atoms with Gasteiger partial charge in [-0.3, -0.25) is 9.69 Å². The molecule has 2 aliphatic heterocycles. The number of benzene rings is 3. The third-order valence-corrected chi connectivity index (χ3v) is 7.49. The molecule has 0 saturated carbocycles. The predicted octanol–water partition coefficient (Wildman–Crippen LogP) is 5.34. The number of piperazine rings is 1. The van der Waals surface area contributed by atoms with Crippen LogP contribution in [-0.4, -0.2) is 61.7 Å². The number of rotatable bonds is 8. The largest absolute Gasteiger partial charge is 0.486 e.